The molecular formula is C45H87N8NaO16S. The first-order valence-corrected chi connectivity index (χ1v) is 26.2. The van der Waals surface area contributed by atoms with Crippen LogP contribution in [0, 0.1) is 5.92 Å². The number of nitrogens with one attached hydrogen (secondary N) is 8. The van der Waals surface area contributed by atoms with E-state index in [1.165, 1.54) is 116 Å². The van der Waals surface area contributed by atoms with E-state index >= 15 is 0 Å². The molecule has 2 heterocycles. The number of aliphatic hydroxyl groups is 4. The summed E-state index contributed by atoms with van der Waals surface area (Å²) >= 11 is 0. The Labute approximate surface area is 443 Å². The second-order valence-electron chi connectivity index (χ2n) is 17.7. The number of carbonyl (C=O) groups is 7. The van der Waals surface area contributed by atoms with Crippen LogP contribution in [0.2, 0.25) is 0 Å². The minimum absolute atomic E-state index is 0. The zero-order chi connectivity index (χ0) is 53.4. The van der Waals surface area contributed by atoms with Crippen LogP contribution in [0.5, 0.6) is 0 Å². The van der Waals surface area contributed by atoms with Crippen molar-refractivity contribution in [2.75, 3.05) is 26.5 Å². The molecule has 4 atom stereocenters. The first-order valence-electron chi connectivity index (χ1n) is 24.8. The number of rotatable bonds is 34. The molecule has 2 aliphatic heterocycles. The Hall–Kier alpha value is -3.40. The third-order valence-corrected chi connectivity index (χ3v) is 11.4. The Morgan fingerprint density at radius 3 is 1.17 bits per heavy atom. The summed E-state index contributed by atoms with van der Waals surface area (Å²) in [4.78, 5) is 79.2. The van der Waals surface area contributed by atoms with Crippen molar-refractivity contribution in [3.05, 3.63) is 0 Å². The third kappa shape index (κ3) is 37.9. The number of urea groups is 4. The number of aliphatic carboxylic acids is 1. The SMILES string of the molecule is CC(C)C(O)C(C)O.CCCCCCCCCCCCCCCC(=O)O.CCCCCCCCCCCCOS(=O)(=O)[O-].O=C(NCNC(=O)NC1(CO)NC(=O)NC1=O)NC1(CO)NC(=O)NC1=O.[Na+]. The second kappa shape index (κ2) is 43.0. The average molecular weight is 1050 g/mol. The van der Waals surface area contributed by atoms with E-state index < -0.39 is 95.7 Å². The van der Waals surface area contributed by atoms with Crippen molar-refractivity contribution in [2.45, 2.75) is 212 Å². The number of aliphatic hydroxyl groups excluding tert-OH is 4. The molecule has 26 heteroatoms. The summed E-state index contributed by atoms with van der Waals surface area (Å²) in [6.45, 7) is 7.45. The van der Waals surface area contributed by atoms with Gasteiger partial charge in [-0.05, 0) is 25.7 Å². The fourth-order valence-electron chi connectivity index (χ4n) is 6.74. The number of unbranched alkanes of at least 4 members (excludes halogenated alkanes) is 21. The summed E-state index contributed by atoms with van der Waals surface area (Å²) < 4.78 is 34.5. The van der Waals surface area contributed by atoms with Crippen molar-refractivity contribution < 1.29 is 106 Å². The van der Waals surface area contributed by atoms with Gasteiger partial charge in [-0.1, -0.05) is 163 Å². The minimum Gasteiger partial charge on any atom is -0.726 e. The molecule has 0 radical (unpaired) electrons. The maximum Gasteiger partial charge on any atom is 1.00 e. The largest absolute Gasteiger partial charge is 1.00 e. The van der Waals surface area contributed by atoms with Crippen LogP contribution in [0.15, 0.2) is 0 Å². The van der Waals surface area contributed by atoms with Gasteiger partial charge < -0.3 is 62.0 Å². The summed E-state index contributed by atoms with van der Waals surface area (Å²) in [5.41, 5.74) is -4.12. The van der Waals surface area contributed by atoms with E-state index in [0.717, 1.165) is 25.7 Å². The van der Waals surface area contributed by atoms with Gasteiger partial charge in [0.25, 0.3) is 11.8 Å². The number of amides is 10. The van der Waals surface area contributed by atoms with Crippen LogP contribution in [0.4, 0.5) is 19.2 Å². The topological polar surface area (TPSA) is 383 Å². The van der Waals surface area contributed by atoms with Crippen molar-refractivity contribution in [3.8, 4) is 0 Å². The summed E-state index contributed by atoms with van der Waals surface area (Å²) in [6, 6.07) is -3.91. The van der Waals surface area contributed by atoms with Gasteiger partial charge in [0.1, 0.15) is 0 Å². The van der Waals surface area contributed by atoms with Crippen LogP contribution in [-0.2, 0) is 29.0 Å². The Balaban J connectivity index is -0.000000928. The zero-order valence-electron chi connectivity index (χ0n) is 43.2. The molecule has 0 aliphatic carbocycles. The standard InChI is InChI=1S/C16H32O2.C12H26O4S.C11H16N8O8.C6H14O2.Na/c1-2-3-4-5-6-7-8-9-10-11-12-13-14-15-16(17)18;1-2-3-4-5-6-7-8-9-10-11-12-16-17(13,14)15;20-1-10(4(22)14-8(26)18-10)16-6(24)12-3-13-7(25)17-11(2-21)5(23)15-9(27)19-11;1-4(2)6(8)5(3)7;/h2-15H2,1H3,(H,17,18);2-12H2,1H3,(H,13,14,15);20-21H,1-3H2,(H2,12,16,24)(H2,13,17,25)(H2,14,18,22,26)(H2,15,19,23,27);4-8H,1-3H3;/q;;;;+1/p-1. The molecule has 0 aromatic carbocycles. The molecule has 2 rings (SSSR count). The smallest absolute Gasteiger partial charge is 0.726 e. The molecule has 0 bridgehead atoms. The van der Waals surface area contributed by atoms with Crippen molar-refractivity contribution in [1.82, 2.24) is 42.5 Å². The van der Waals surface area contributed by atoms with Gasteiger partial charge in [-0.25, -0.2) is 27.6 Å². The van der Waals surface area contributed by atoms with E-state index in [9.17, 15) is 56.7 Å². The Morgan fingerprint density at radius 2 is 0.930 bits per heavy atom. The van der Waals surface area contributed by atoms with E-state index in [2.05, 4.69) is 28.7 Å². The van der Waals surface area contributed by atoms with Gasteiger partial charge in [-0.15, -0.1) is 0 Å². The van der Waals surface area contributed by atoms with E-state index in [-0.39, 0.29) is 42.1 Å². The maximum atomic E-state index is 11.8. The van der Waals surface area contributed by atoms with Crippen LogP contribution >= 0.6 is 0 Å². The fourth-order valence-corrected chi connectivity index (χ4v) is 7.07. The molecule has 0 aromatic rings. The molecule has 10 amide bonds. The first-order chi connectivity index (χ1) is 33.0. The molecule has 24 nitrogen and oxygen atoms in total. The Bertz CT molecular complexity index is 1550. The maximum absolute atomic E-state index is 11.8. The number of hydrogen-bond donors (Lipinski definition) is 13. The van der Waals surface area contributed by atoms with Crippen LogP contribution in [0.25, 0.3) is 0 Å². The van der Waals surface area contributed by atoms with Crippen molar-refractivity contribution in [1.29, 1.82) is 0 Å². The quantitative estimate of drug-likeness (QED) is 0.0106. The van der Waals surface area contributed by atoms with Gasteiger partial charge in [-0.2, -0.15) is 0 Å². The Kier molecular flexibility index (Phi) is 43.6. The number of carbonyl (C=O) groups excluding carboxylic acids is 6. The monoisotopic (exact) mass is 1050 g/mol. The molecule has 410 valence electrons. The van der Waals surface area contributed by atoms with Crippen LogP contribution in [0.1, 0.15) is 189 Å². The van der Waals surface area contributed by atoms with Crippen molar-refractivity contribution in [3.63, 3.8) is 0 Å². The van der Waals surface area contributed by atoms with Gasteiger partial charge in [0.05, 0.1) is 38.7 Å². The summed E-state index contributed by atoms with van der Waals surface area (Å²) in [6.07, 6.45) is 27.8. The van der Waals surface area contributed by atoms with Gasteiger partial charge in [-0.3, -0.25) is 29.2 Å². The van der Waals surface area contributed by atoms with Crippen LogP contribution in [-0.4, -0.2) is 130 Å². The number of carboxylic acid groups (broad SMARTS) is 1. The van der Waals surface area contributed by atoms with Gasteiger partial charge in [0.15, 0.2) is 0 Å². The molecule has 2 fully saturated rings. The van der Waals surface area contributed by atoms with E-state index in [4.69, 9.17) is 15.3 Å². The fraction of sp³-hybridized carbons (Fsp3) is 0.844. The van der Waals surface area contributed by atoms with Crippen molar-refractivity contribution >= 4 is 52.3 Å². The predicted octanol–water partition coefficient (Wildman–Crippen LogP) is 0.923. The van der Waals surface area contributed by atoms with Gasteiger partial charge >= 0.3 is 59.7 Å². The summed E-state index contributed by atoms with van der Waals surface area (Å²) in [5.74, 6) is -2.47. The molecule has 4 unspecified atom stereocenters. The molecular weight excluding hydrogens is 964 g/mol. The van der Waals surface area contributed by atoms with Crippen LogP contribution in [0.3, 0.4) is 0 Å². The molecule has 71 heavy (non-hydrogen) atoms. The average Bonchev–Trinajstić information content (AvgIpc) is 3.74. The van der Waals surface area contributed by atoms with Gasteiger partial charge in [0, 0.05) is 6.42 Å². The Morgan fingerprint density at radius 1 is 0.606 bits per heavy atom. The summed E-state index contributed by atoms with van der Waals surface area (Å²) in [5, 5.41) is 60.6. The number of imide groups is 2. The normalized spacial score (nSPS) is 17.7. The van der Waals surface area contributed by atoms with Crippen LogP contribution < -0.4 is 72.1 Å². The third-order valence-electron chi connectivity index (χ3n) is 10.9. The number of hydrogen-bond acceptors (Lipinski definition) is 15. The van der Waals surface area contributed by atoms with E-state index in [0.29, 0.717) is 12.8 Å². The van der Waals surface area contributed by atoms with E-state index in [1.807, 2.05) is 45.7 Å². The molecule has 2 saturated heterocycles. The summed E-state index contributed by atoms with van der Waals surface area (Å²) in [7, 11) is -4.48. The van der Waals surface area contributed by atoms with Crippen molar-refractivity contribution in [2.24, 2.45) is 5.92 Å². The molecule has 13 N–H and O–H groups in total. The molecule has 0 saturated carbocycles. The minimum atomic E-state index is -4.48. The van der Waals surface area contributed by atoms with Gasteiger partial charge in [0.2, 0.25) is 21.7 Å². The molecule has 0 aromatic heterocycles. The number of carboxylic acids is 1. The predicted molar refractivity (Wildman–Crippen MR) is 259 cm³/mol. The molecule has 2 aliphatic rings. The molecule has 0 spiro atoms. The first kappa shape index (κ1) is 71.9. The second-order valence-corrected chi connectivity index (χ2v) is 18.7. The zero-order valence-corrected chi connectivity index (χ0v) is 46.0. The van der Waals surface area contributed by atoms with E-state index in [1.54, 1.807) is 6.92 Å².